The van der Waals surface area contributed by atoms with Crippen molar-refractivity contribution < 1.29 is 19.5 Å². The first kappa shape index (κ1) is 19.4. The highest BCUT2D eigenvalue weighted by Gasteiger charge is 2.38. The first-order valence-electron chi connectivity index (χ1n) is 8.29. The number of carbonyl (C=O) groups is 3. The van der Waals surface area contributed by atoms with Crippen molar-refractivity contribution >= 4 is 17.8 Å². The van der Waals surface area contributed by atoms with E-state index in [1.807, 2.05) is 13.8 Å². The van der Waals surface area contributed by atoms with Crippen LogP contribution in [0.15, 0.2) is 0 Å². The number of nitrogens with zero attached hydrogens (tertiary/aromatic N) is 1. The van der Waals surface area contributed by atoms with Gasteiger partial charge in [-0.15, -0.1) is 0 Å². The maximum atomic E-state index is 12.5. The molecule has 1 heterocycles. The van der Waals surface area contributed by atoms with E-state index in [2.05, 4.69) is 5.32 Å². The summed E-state index contributed by atoms with van der Waals surface area (Å²) in [4.78, 5) is 37.7. The fourth-order valence-corrected chi connectivity index (χ4v) is 2.75. The van der Waals surface area contributed by atoms with Crippen LogP contribution in [0.25, 0.3) is 0 Å². The first-order valence-corrected chi connectivity index (χ1v) is 8.29. The Morgan fingerprint density at radius 2 is 1.91 bits per heavy atom. The quantitative estimate of drug-likeness (QED) is 0.633. The Morgan fingerprint density at radius 1 is 1.30 bits per heavy atom. The Labute approximate surface area is 137 Å². The average molecular weight is 327 g/mol. The number of rotatable bonds is 7. The maximum absolute atomic E-state index is 12.5. The van der Waals surface area contributed by atoms with Crippen LogP contribution in [0.4, 0.5) is 0 Å². The molecule has 4 N–H and O–H groups in total. The van der Waals surface area contributed by atoms with Gasteiger partial charge in [0.2, 0.25) is 11.8 Å². The standard InChI is InChI=1S/C16H29N3O4/c1-5-10(4)12(17)15(21)19-8-6-7-11(19)14(20)18-13(9(2)3)16(22)23/h9-13H,5-8,17H2,1-4H3,(H,18,20)(H,22,23). The van der Waals surface area contributed by atoms with Crippen molar-refractivity contribution in [3.63, 3.8) is 0 Å². The second-order valence-corrected chi connectivity index (χ2v) is 6.67. The van der Waals surface area contributed by atoms with Gasteiger partial charge in [-0.25, -0.2) is 4.79 Å². The van der Waals surface area contributed by atoms with E-state index in [0.717, 1.165) is 12.8 Å². The zero-order valence-corrected chi connectivity index (χ0v) is 14.4. The molecule has 0 aromatic rings. The molecule has 0 bridgehead atoms. The van der Waals surface area contributed by atoms with Gasteiger partial charge in [0, 0.05) is 6.54 Å². The lowest BCUT2D eigenvalue weighted by Crippen LogP contribution is -2.55. The van der Waals surface area contributed by atoms with E-state index in [-0.39, 0.29) is 17.7 Å². The highest BCUT2D eigenvalue weighted by Crippen LogP contribution is 2.21. The van der Waals surface area contributed by atoms with Gasteiger partial charge in [-0.3, -0.25) is 9.59 Å². The second kappa shape index (κ2) is 8.29. The van der Waals surface area contributed by atoms with Gasteiger partial charge >= 0.3 is 5.97 Å². The van der Waals surface area contributed by atoms with Crippen LogP contribution in [0.5, 0.6) is 0 Å². The van der Waals surface area contributed by atoms with Crippen LogP contribution in [-0.4, -0.2) is 52.5 Å². The van der Waals surface area contributed by atoms with Gasteiger partial charge in [-0.2, -0.15) is 0 Å². The van der Waals surface area contributed by atoms with E-state index >= 15 is 0 Å². The molecule has 7 heteroatoms. The highest BCUT2D eigenvalue weighted by molar-refractivity contribution is 5.92. The summed E-state index contributed by atoms with van der Waals surface area (Å²) in [5, 5.41) is 11.7. The number of amides is 2. The number of hydrogen-bond donors (Lipinski definition) is 3. The highest BCUT2D eigenvalue weighted by atomic mass is 16.4. The number of hydrogen-bond acceptors (Lipinski definition) is 4. The Kier molecular flexibility index (Phi) is 7.00. The number of carbonyl (C=O) groups excluding carboxylic acids is 2. The number of likely N-dealkylation sites (tertiary alicyclic amines) is 1. The first-order chi connectivity index (χ1) is 10.7. The van der Waals surface area contributed by atoms with Crippen molar-refractivity contribution in [1.29, 1.82) is 0 Å². The summed E-state index contributed by atoms with van der Waals surface area (Å²) in [6.45, 7) is 7.82. The molecule has 0 saturated carbocycles. The van der Waals surface area contributed by atoms with Crippen molar-refractivity contribution in [1.82, 2.24) is 10.2 Å². The monoisotopic (exact) mass is 327 g/mol. The minimum Gasteiger partial charge on any atom is -0.480 e. The molecule has 1 saturated heterocycles. The molecule has 0 aromatic carbocycles. The summed E-state index contributed by atoms with van der Waals surface area (Å²) in [6.07, 6.45) is 2.04. The normalized spacial score (nSPS) is 21.8. The smallest absolute Gasteiger partial charge is 0.326 e. The lowest BCUT2D eigenvalue weighted by atomic mass is 9.98. The molecule has 0 aromatic heterocycles. The van der Waals surface area contributed by atoms with E-state index in [0.29, 0.717) is 13.0 Å². The lowest BCUT2D eigenvalue weighted by Gasteiger charge is -2.30. The summed E-state index contributed by atoms with van der Waals surface area (Å²) in [5.41, 5.74) is 5.99. The molecular formula is C16H29N3O4. The molecule has 4 unspecified atom stereocenters. The third kappa shape index (κ3) is 4.67. The van der Waals surface area contributed by atoms with Crippen LogP contribution in [0.2, 0.25) is 0 Å². The molecule has 2 amide bonds. The average Bonchev–Trinajstić information content (AvgIpc) is 2.98. The van der Waals surface area contributed by atoms with Crippen LogP contribution in [-0.2, 0) is 14.4 Å². The van der Waals surface area contributed by atoms with Gasteiger partial charge in [-0.1, -0.05) is 34.1 Å². The summed E-state index contributed by atoms with van der Waals surface area (Å²) in [5.74, 6) is -1.90. The van der Waals surface area contributed by atoms with Crippen molar-refractivity contribution in [2.24, 2.45) is 17.6 Å². The molecule has 1 rings (SSSR count). The molecule has 23 heavy (non-hydrogen) atoms. The van der Waals surface area contributed by atoms with Crippen LogP contribution >= 0.6 is 0 Å². The van der Waals surface area contributed by atoms with Crippen LogP contribution in [0, 0.1) is 11.8 Å². The molecule has 0 aliphatic carbocycles. The second-order valence-electron chi connectivity index (χ2n) is 6.67. The van der Waals surface area contributed by atoms with Gasteiger partial charge in [0.1, 0.15) is 12.1 Å². The number of aliphatic carboxylic acids is 1. The topological polar surface area (TPSA) is 113 Å². The molecule has 132 valence electrons. The summed E-state index contributed by atoms with van der Waals surface area (Å²) >= 11 is 0. The number of carboxylic acid groups (broad SMARTS) is 1. The zero-order valence-electron chi connectivity index (χ0n) is 14.4. The maximum Gasteiger partial charge on any atom is 0.326 e. The molecule has 4 atom stereocenters. The van der Waals surface area contributed by atoms with Gasteiger partial charge in [0.15, 0.2) is 0 Å². The van der Waals surface area contributed by atoms with Crippen molar-refractivity contribution in [3.8, 4) is 0 Å². The predicted octanol–water partition coefficient (Wildman–Crippen LogP) is 0.576. The Hall–Kier alpha value is -1.63. The minimum absolute atomic E-state index is 0.0363. The molecule has 7 nitrogen and oxygen atoms in total. The molecule has 1 aliphatic rings. The van der Waals surface area contributed by atoms with E-state index in [1.165, 1.54) is 4.90 Å². The lowest BCUT2D eigenvalue weighted by molar-refractivity contribution is -0.145. The molecule has 1 fully saturated rings. The molecule has 0 spiro atoms. The summed E-state index contributed by atoms with van der Waals surface area (Å²) in [6, 6.07) is -2.21. The van der Waals surface area contributed by atoms with Gasteiger partial charge < -0.3 is 21.1 Å². The third-order valence-electron chi connectivity index (χ3n) is 4.61. The fourth-order valence-electron chi connectivity index (χ4n) is 2.75. The van der Waals surface area contributed by atoms with E-state index < -0.39 is 30.0 Å². The van der Waals surface area contributed by atoms with Crippen LogP contribution in [0.3, 0.4) is 0 Å². The van der Waals surface area contributed by atoms with Gasteiger partial charge in [-0.05, 0) is 24.7 Å². The molecule has 0 radical (unpaired) electrons. The van der Waals surface area contributed by atoms with Crippen molar-refractivity contribution in [3.05, 3.63) is 0 Å². The molecular weight excluding hydrogens is 298 g/mol. The number of carboxylic acids is 1. The van der Waals surface area contributed by atoms with Crippen molar-refractivity contribution in [2.45, 2.75) is 65.1 Å². The Morgan fingerprint density at radius 3 is 2.39 bits per heavy atom. The van der Waals surface area contributed by atoms with E-state index in [1.54, 1.807) is 13.8 Å². The largest absolute Gasteiger partial charge is 0.480 e. The van der Waals surface area contributed by atoms with Gasteiger partial charge in [0.25, 0.3) is 0 Å². The molecule has 1 aliphatic heterocycles. The zero-order chi connectivity index (χ0) is 17.7. The van der Waals surface area contributed by atoms with Crippen molar-refractivity contribution in [2.75, 3.05) is 6.54 Å². The SMILES string of the molecule is CCC(C)C(N)C(=O)N1CCCC1C(=O)NC(C(=O)O)C(C)C. The Balaban J connectivity index is 2.80. The number of nitrogens with two attached hydrogens (primary N) is 1. The fraction of sp³-hybridized carbons (Fsp3) is 0.812. The van der Waals surface area contributed by atoms with E-state index in [4.69, 9.17) is 5.73 Å². The third-order valence-corrected chi connectivity index (χ3v) is 4.61. The van der Waals surface area contributed by atoms with Gasteiger partial charge in [0.05, 0.1) is 6.04 Å². The Bertz CT molecular complexity index is 453. The van der Waals surface area contributed by atoms with E-state index in [9.17, 15) is 19.5 Å². The van der Waals surface area contributed by atoms with Crippen LogP contribution < -0.4 is 11.1 Å². The summed E-state index contributed by atoms with van der Waals surface area (Å²) < 4.78 is 0. The van der Waals surface area contributed by atoms with Crippen LogP contribution in [0.1, 0.15) is 47.0 Å². The number of nitrogens with one attached hydrogen (secondary N) is 1. The summed E-state index contributed by atoms with van der Waals surface area (Å²) in [7, 11) is 0. The minimum atomic E-state index is -1.07. The predicted molar refractivity (Wildman–Crippen MR) is 86.6 cm³/mol.